The minimum atomic E-state index is -4.52. The molecule has 1 saturated heterocycles. The first-order chi connectivity index (χ1) is 16.2. The summed E-state index contributed by atoms with van der Waals surface area (Å²) in [6, 6.07) is 15.6. The highest BCUT2D eigenvalue weighted by atomic mass is 19.4. The lowest BCUT2D eigenvalue weighted by atomic mass is 10.1. The Balaban J connectivity index is 1.59. The van der Waals surface area contributed by atoms with E-state index in [4.69, 9.17) is 0 Å². The van der Waals surface area contributed by atoms with E-state index in [2.05, 4.69) is 15.3 Å². The SMILES string of the molecule is Cc1cc(=O)c(C(=O)NCC(c2ccccc2)N2CCCC2)nn1-c1cccc(C(F)(F)F)c1. The number of amides is 1. The molecular formula is C25H25F3N4O2. The zero-order valence-corrected chi connectivity index (χ0v) is 18.7. The number of benzene rings is 2. The number of hydrogen-bond donors (Lipinski definition) is 1. The van der Waals surface area contributed by atoms with Crippen LogP contribution in [-0.2, 0) is 6.18 Å². The van der Waals surface area contributed by atoms with E-state index in [9.17, 15) is 22.8 Å². The van der Waals surface area contributed by atoms with Crippen LogP contribution in [0.3, 0.4) is 0 Å². The predicted molar refractivity (Wildman–Crippen MR) is 122 cm³/mol. The lowest BCUT2D eigenvalue weighted by molar-refractivity contribution is -0.137. The molecule has 2 heterocycles. The van der Waals surface area contributed by atoms with Gasteiger partial charge in [-0.15, -0.1) is 0 Å². The second kappa shape index (κ2) is 9.80. The van der Waals surface area contributed by atoms with Gasteiger partial charge in [-0.05, 0) is 56.6 Å². The fourth-order valence-electron chi connectivity index (χ4n) is 4.24. The largest absolute Gasteiger partial charge is 0.416 e. The minimum Gasteiger partial charge on any atom is -0.349 e. The van der Waals surface area contributed by atoms with Crippen molar-refractivity contribution in [1.29, 1.82) is 0 Å². The summed E-state index contributed by atoms with van der Waals surface area (Å²) in [7, 11) is 0. The van der Waals surface area contributed by atoms with Gasteiger partial charge in [0.15, 0.2) is 5.69 Å². The van der Waals surface area contributed by atoms with Crippen molar-refractivity contribution < 1.29 is 18.0 Å². The first-order valence-electron chi connectivity index (χ1n) is 11.1. The number of likely N-dealkylation sites (tertiary alicyclic amines) is 1. The minimum absolute atomic E-state index is 0.0520. The zero-order chi connectivity index (χ0) is 24.3. The monoisotopic (exact) mass is 470 g/mol. The molecule has 1 amide bonds. The van der Waals surface area contributed by atoms with E-state index in [1.165, 1.54) is 22.9 Å². The van der Waals surface area contributed by atoms with Crippen molar-refractivity contribution in [3.63, 3.8) is 0 Å². The fraction of sp³-hybridized carbons (Fsp3) is 0.320. The number of aryl methyl sites for hydroxylation is 1. The summed E-state index contributed by atoms with van der Waals surface area (Å²) in [6.45, 7) is 3.66. The summed E-state index contributed by atoms with van der Waals surface area (Å²) < 4.78 is 40.6. The van der Waals surface area contributed by atoms with Crippen LogP contribution in [-0.4, -0.2) is 40.2 Å². The van der Waals surface area contributed by atoms with E-state index in [1.807, 2.05) is 30.3 Å². The molecule has 1 aliphatic rings. The highest BCUT2D eigenvalue weighted by Gasteiger charge is 2.31. The van der Waals surface area contributed by atoms with Gasteiger partial charge in [-0.1, -0.05) is 36.4 Å². The average Bonchev–Trinajstić information content (AvgIpc) is 3.34. The van der Waals surface area contributed by atoms with Crippen molar-refractivity contribution in [2.24, 2.45) is 0 Å². The molecule has 4 rings (SSSR count). The molecule has 3 aromatic rings. The average molecular weight is 470 g/mol. The van der Waals surface area contributed by atoms with E-state index in [-0.39, 0.29) is 24.0 Å². The summed E-state index contributed by atoms with van der Waals surface area (Å²) in [5, 5.41) is 6.94. The molecule has 1 aliphatic heterocycles. The van der Waals surface area contributed by atoms with Gasteiger partial charge in [-0.2, -0.15) is 18.3 Å². The van der Waals surface area contributed by atoms with Crippen LogP contribution in [0.2, 0.25) is 0 Å². The molecule has 1 fully saturated rings. The number of rotatable bonds is 6. The van der Waals surface area contributed by atoms with Gasteiger partial charge in [0.25, 0.3) is 5.91 Å². The van der Waals surface area contributed by atoms with E-state index >= 15 is 0 Å². The van der Waals surface area contributed by atoms with Gasteiger partial charge >= 0.3 is 6.18 Å². The Bertz CT molecular complexity index is 1220. The molecule has 1 atom stereocenters. The fourth-order valence-corrected chi connectivity index (χ4v) is 4.24. The summed E-state index contributed by atoms with van der Waals surface area (Å²) in [6.07, 6.45) is -2.36. The van der Waals surface area contributed by atoms with Crippen molar-refractivity contribution >= 4 is 5.91 Å². The number of halogens is 3. The summed E-state index contributed by atoms with van der Waals surface area (Å²) >= 11 is 0. The molecule has 2 aromatic carbocycles. The number of nitrogens with zero attached hydrogens (tertiary/aromatic N) is 3. The normalized spacial score (nSPS) is 15.3. The van der Waals surface area contributed by atoms with Gasteiger partial charge in [-0.25, -0.2) is 4.68 Å². The van der Waals surface area contributed by atoms with E-state index < -0.39 is 23.1 Å². The lowest BCUT2D eigenvalue weighted by Gasteiger charge is -2.28. The number of aromatic nitrogens is 2. The highest BCUT2D eigenvalue weighted by molar-refractivity contribution is 5.92. The molecule has 0 aliphatic carbocycles. The van der Waals surface area contributed by atoms with Crippen LogP contribution in [0.25, 0.3) is 5.69 Å². The Hall–Kier alpha value is -3.46. The summed E-state index contributed by atoms with van der Waals surface area (Å²) in [5.41, 5.74) is -0.303. The Kier molecular flexibility index (Phi) is 6.83. The number of nitrogens with one attached hydrogen (secondary N) is 1. The standard InChI is InChI=1S/C25H25F3N4O2/c1-17-14-22(33)23(30-32(17)20-11-7-10-19(15-20)25(26,27)28)24(34)29-16-21(31-12-5-6-13-31)18-8-3-2-4-9-18/h2-4,7-11,14-15,21H,5-6,12-13,16H2,1H3,(H,29,34). The van der Waals surface area contributed by atoms with Crippen LogP contribution in [0, 0.1) is 6.92 Å². The van der Waals surface area contributed by atoms with Crippen molar-refractivity contribution in [2.75, 3.05) is 19.6 Å². The van der Waals surface area contributed by atoms with Gasteiger partial charge in [0.1, 0.15) is 0 Å². The maximum atomic E-state index is 13.2. The molecule has 178 valence electrons. The molecule has 0 spiro atoms. The molecule has 0 radical (unpaired) electrons. The van der Waals surface area contributed by atoms with Crippen LogP contribution in [0.1, 0.15) is 46.2 Å². The number of alkyl halides is 3. The third kappa shape index (κ3) is 5.20. The van der Waals surface area contributed by atoms with Crippen molar-refractivity contribution in [3.8, 4) is 5.69 Å². The Labute approximate surface area is 195 Å². The smallest absolute Gasteiger partial charge is 0.349 e. The highest BCUT2D eigenvalue weighted by Crippen LogP contribution is 2.30. The van der Waals surface area contributed by atoms with Crippen LogP contribution in [0.4, 0.5) is 13.2 Å². The Morgan fingerprint density at radius 1 is 1.06 bits per heavy atom. The molecule has 34 heavy (non-hydrogen) atoms. The summed E-state index contributed by atoms with van der Waals surface area (Å²) in [5.74, 6) is -0.661. The third-order valence-electron chi connectivity index (χ3n) is 5.96. The molecule has 1 aromatic heterocycles. The van der Waals surface area contributed by atoms with Crippen molar-refractivity contribution in [2.45, 2.75) is 32.0 Å². The second-order valence-corrected chi connectivity index (χ2v) is 8.34. The molecule has 1 unspecified atom stereocenters. The maximum Gasteiger partial charge on any atom is 0.416 e. The van der Waals surface area contributed by atoms with Crippen molar-refractivity contribution in [3.05, 3.63) is 93.4 Å². The topological polar surface area (TPSA) is 67.2 Å². The molecule has 0 saturated carbocycles. The molecule has 0 bridgehead atoms. The Morgan fingerprint density at radius 2 is 1.76 bits per heavy atom. The molecule has 1 N–H and O–H groups in total. The first-order valence-corrected chi connectivity index (χ1v) is 11.1. The third-order valence-corrected chi connectivity index (χ3v) is 5.96. The first kappa shape index (κ1) is 23.7. The molecule has 9 heteroatoms. The molecule has 6 nitrogen and oxygen atoms in total. The Morgan fingerprint density at radius 3 is 2.44 bits per heavy atom. The summed E-state index contributed by atoms with van der Waals surface area (Å²) in [4.78, 5) is 27.8. The second-order valence-electron chi connectivity index (χ2n) is 8.34. The maximum absolute atomic E-state index is 13.2. The molecular weight excluding hydrogens is 445 g/mol. The van der Waals surface area contributed by atoms with Crippen LogP contribution in [0.5, 0.6) is 0 Å². The van der Waals surface area contributed by atoms with Crippen molar-refractivity contribution in [1.82, 2.24) is 20.0 Å². The lowest BCUT2D eigenvalue weighted by Crippen LogP contribution is -2.39. The van der Waals surface area contributed by atoms with Crippen LogP contribution in [0.15, 0.2) is 65.5 Å². The van der Waals surface area contributed by atoms with Gasteiger partial charge in [0.05, 0.1) is 17.3 Å². The number of carbonyl (C=O) groups is 1. The van der Waals surface area contributed by atoms with Gasteiger partial charge in [0.2, 0.25) is 5.43 Å². The quantitative estimate of drug-likeness (QED) is 0.589. The van der Waals surface area contributed by atoms with Gasteiger partial charge in [-0.3, -0.25) is 14.5 Å². The van der Waals surface area contributed by atoms with E-state index in [0.717, 1.165) is 43.6 Å². The van der Waals surface area contributed by atoms with E-state index in [1.54, 1.807) is 6.92 Å². The van der Waals surface area contributed by atoms with Gasteiger partial charge < -0.3 is 5.32 Å². The van der Waals surface area contributed by atoms with Crippen LogP contribution < -0.4 is 10.7 Å². The van der Waals surface area contributed by atoms with Crippen LogP contribution >= 0.6 is 0 Å². The van der Waals surface area contributed by atoms with E-state index in [0.29, 0.717) is 5.69 Å². The number of carbonyl (C=O) groups excluding carboxylic acids is 1. The predicted octanol–water partition coefficient (Wildman–Crippen LogP) is 4.13. The number of hydrogen-bond acceptors (Lipinski definition) is 4. The van der Waals surface area contributed by atoms with Gasteiger partial charge in [0, 0.05) is 18.3 Å². The zero-order valence-electron chi connectivity index (χ0n) is 18.7.